The molecule has 80 valence electrons. The molecule has 0 aliphatic carbocycles. The molecule has 0 heterocycles. The highest BCUT2D eigenvalue weighted by molar-refractivity contribution is 6.32. The van der Waals surface area contributed by atoms with E-state index in [4.69, 9.17) is 22.1 Å². The summed E-state index contributed by atoms with van der Waals surface area (Å²) in [6.45, 7) is 0. The summed E-state index contributed by atoms with van der Waals surface area (Å²) in [7, 11) is 1.33. The maximum Gasteiger partial charge on any atom is 0.283 e. The molecule has 6 nitrogen and oxygen atoms in total. The third-order valence-corrected chi connectivity index (χ3v) is 2.03. The summed E-state index contributed by atoms with van der Waals surface area (Å²) < 4.78 is 4.81. The van der Waals surface area contributed by atoms with Gasteiger partial charge in [-0.3, -0.25) is 14.9 Å². The average molecular weight is 231 g/mol. The van der Waals surface area contributed by atoms with Crippen molar-refractivity contribution in [2.24, 2.45) is 5.73 Å². The summed E-state index contributed by atoms with van der Waals surface area (Å²) in [4.78, 5) is 20.8. The molecular formula is C8H7ClN2O4. The molecule has 0 aliphatic heterocycles. The molecule has 0 saturated heterocycles. The van der Waals surface area contributed by atoms with Gasteiger partial charge >= 0.3 is 0 Å². The van der Waals surface area contributed by atoms with Gasteiger partial charge in [0.25, 0.3) is 11.6 Å². The number of carbonyl (C=O) groups is 1. The van der Waals surface area contributed by atoms with E-state index in [2.05, 4.69) is 0 Å². The lowest BCUT2D eigenvalue weighted by Crippen LogP contribution is -2.13. The van der Waals surface area contributed by atoms with E-state index in [1.165, 1.54) is 7.11 Å². The molecule has 7 heteroatoms. The number of carbonyl (C=O) groups excluding carboxylic acids is 1. The van der Waals surface area contributed by atoms with Gasteiger partial charge in [-0.1, -0.05) is 11.6 Å². The molecule has 0 spiro atoms. The Labute approximate surface area is 89.7 Å². The van der Waals surface area contributed by atoms with Crippen LogP contribution < -0.4 is 10.5 Å². The fourth-order valence-electron chi connectivity index (χ4n) is 1.05. The number of hydrogen-bond acceptors (Lipinski definition) is 4. The minimum Gasteiger partial charge on any atom is -0.495 e. The van der Waals surface area contributed by atoms with Crippen molar-refractivity contribution in [3.63, 3.8) is 0 Å². The molecule has 0 atom stereocenters. The SMILES string of the molecule is COc1cc(C(N)=O)c([N+](=O)[O-])cc1Cl. The van der Waals surface area contributed by atoms with Gasteiger partial charge in [0.2, 0.25) is 0 Å². The number of benzene rings is 1. The number of methoxy groups -OCH3 is 1. The van der Waals surface area contributed by atoms with E-state index in [-0.39, 0.29) is 16.3 Å². The van der Waals surface area contributed by atoms with Gasteiger partial charge in [-0.25, -0.2) is 0 Å². The second kappa shape index (κ2) is 4.14. The zero-order chi connectivity index (χ0) is 11.6. The standard InChI is InChI=1S/C8H7ClN2O4/c1-15-7-2-4(8(10)12)6(11(13)14)3-5(7)9/h2-3H,1H3,(H2,10,12). The van der Waals surface area contributed by atoms with Crippen LogP contribution >= 0.6 is 11.6 Å². The highest BCUT2D eigenvalue weighted by Gasteiger charge is 2.21. The number of nitro benzene ring substituents is 1. The third-order valence-electron chi connectivity index (χ3n) is 1.73. The summed E-state index contributed by atoms with van der Waals surface area (Å²) in [6.07, 6.45) is 0. The lowest BCUT2D eigenvalue weighted by Gasteiger charge is -2.05. The van der Waals surface area contributed by atoms with E-state index in [1.807, 2.05) is 0 Å². The van der Waals surface area contributed by atoms with Gasteiger partial charge in [0.1, 0.15) is 11.3 Å². The van der Waals surface area contributed by atoms with Gasteiger partial charge in [-0.05, 0) is 0 Å². The van der Waals surface area contributed by atoms with Crippen LogP contribution in [0.25, 0.3) is 0 Å². The van der Waals surface area contributed by atoms with Crippen molar-refractivity contribution in [2.45, 2.75) is 0 Å². The molecule has 0 bridgehead atoms. The van der Waals surface area contributed by atoms with Crippen LogP contribution in [0.1, 0.15) is 10.4 Å². The van der Waals surface area contributed by atoms with Crippen LogP contribution in [0.5, 0.6) is 5.75 Å². The molecule has 1 amide bonds. The number of nitrogens with zero attached hydrogens (tertiary/aromatic N) is 1. The number of nitrogens with two attached hydrogens (primary N) is 1. The van der Waals surface area contributed by atoms with Crippen molar-refractivity contribution in [3.8, 4) is 5.75 Å². The first-order chi connectivity index (χ1) is 6.97. The molecule has 1 rings (SSSR count). The monoisotopic (exact) mass is 230 g/mol. The number of amides is 1. The molecule has 0 fully saturated rings. The number of ether oxygens (including phenoxy) is 1. The van der Waals surface area contributed by atoms with Crippen molar-refractivity contribution < 1.29 is 14.5 Å². The summed E-state index contributed by atoms with van der Waals surface area (Å²) in [6, 6.07) is 2.17. The van der Waals surface area contributed by atoms with Crippen LogP contribution in [-0.2, 0) is 0 Å². The van der Waals surface area contributed by atoms with Crippen LogP contribution in [0.4, 0.5) is 5.69 Å². The first-order valence-corrected chi connectivity index (χ1v) is 4.17. The van der Waals surface area contributed by atoms with Crippen molar-refractivity contribution in [2.75, 3.05) is 7.11 Å². The molecule has 1 aromatic rings. The number of nitro groups is 1. The summed E-state index contributed by atoms with van der Waals surface area (Å²) >= 11 is 5.67. The highest BCUT2D eigenvalue weighted by atomic mass is 35.5. The van der Waals surface area contributed by atoms with E-state index in [0.717, 1.165) is 12.1 Å². The van der Waals surface area contributed by atoms with Crippen LogP contribution in [0.2, 0.25) is 5.02 Å². The van der Waals surface area contributed by atoms with Crippen LogP contribution in [0.3, 0.4) is 0 Å². The van der Waals surface area contributed by atoms with Crippen molar-refractivity contribution >= 4 is 23.2 Å². The van der Waals surface area contributed by atoms with E-state index in [1.54, 1.807) is 0 Å². The fraction of sp³-hybridized carbons (Fsp3) is 0.125. The van der Waals surface area contributed by atoms with Gasteiger partial charge in [-0.2, -0.15) is 0 Å². The third kappa shape index (κ3) is 2.16. The Morgan fingerprint density at radius 2 is 2.20 bits per heavy atom. The van der Waals surface area contributed by atoms with E-state index < -0.39 is 16.5 Å². The molecule has 1 aromatic carbocycles. The highest BCUT2D eigenvalue weighted by Crippen LogP contribution is 2.31. The predicted molar refractivity (Wildman–Crippen MR) is 53.2 cm³/mol. The topological polar surface area (TPSA) is 95.5 Å². The lowest BCUT2D eigenvalue weighted by molar-refractivity contribution is -0.385. The Morgan fingerprint density at radius 3 is 2.60 bits per heavy atom. The molecule has 0 aromatic heterocycles. The molecule has 15 heavy (non-hydrogen) atoms. The second-order valence-corrected chi connectivity index (χ2v) is 3.03. The van der Waals surface area contributed by atoms with Crippen molar-refractivity contribution in [1.82, 2.24) is 0 Å². The normalized spacial score (nSPS) is 9.73. The van der Waals surface area contributed by atoms with E-state index in [0.29, 0.717) is 0 Å². The Balaban J connectivity index is 3.45. The van der Waals surface area contributed by atoms with Crippen molar-refractivity contribution in [1.29, 1.82) is 0 Å². The minimum absolute atomic E-state index is 0.0502. The average Bonchev–Trinajstić information content (AvgIpc) is 2.16. The largest absolute Gasteiger partial charge is 0.495 e. The molecular weight excluding hydrogens is 224 g/mol. The predicted octanol–water partition coefficient (Wildman–Crippen LogP) is 1.36. The zero-order valence-electron chi connectivity index (χ0n) is 7.69. The number of primary amides is 1. The number of halogens is 1. The van der Waals surface area contributed by atoms with E-state index >= 15 is 0 Å². The van der Waals surface area contributed by atoms with Crippen LogP contribution in [-0.4, -0.2) is 17.9 Å². The lowest BCUT2D eigenvalue weighted by atomic mass is 10.1. The van der Waals surface area contributed by atoms with Crippen LogP contribution in [0.15, 0.2) is 12.1 Å². The minimum atomic E-state index is -0.906. The Hall–Kier alpha value is -1.82. The molecule has 0 saturated carbocycles. The maximum atomic E-state index is 10.9. The van der Waals surface area contributed by atoms with E-state index in [9.17, 15) is 14.9 Å². The van der Waals surface area contributed by atoms with Gasteiger partial charge in [0.05, 0.1) is 17.1 Å². The zero-order valence-corrected chi connectivity index (χ0v) is 8.45. The van der Waals surface area contributed by atoms with Crippen LogP contribution in [0, 0.1) is 10.1 Å². The molecule has 0 aliphatic rings. The van der Waals surface area contributed by atoms with Gasteiger partial charge in [0.15, 0.2) is 0 Å². The van der Waals surface area contributed by atoms with Gasteiger partial charge < -0.3 is 10.5 Å². The molecule has 0 radical (unpaired) electrons. The Kier molecular flexibility index (Phi) is 3.11. The van der Waals surface area contributed by atoms with Gasteiger partial charge in [-0.15, -0.1) is 0 Å². The second-order valence-electron chi connectivity index (χ2n) is 2.63. The smallest absolute Gasteiger partial charge is 0.283 e. The first-order valence-electron chi connectivity index (χ1n) is 3.79. The Bertz CT molecular complexity index is 433. The maximum absolute atomic E-state index is 10.9. The number of hydrogen-bond donors (Lipinski definition) is 1. The molecule has 2 N–H and O–H groups in total. The summed E-state index contributed by atoms with van der Waals surface area (Å²) in [5.74, 6) is -0.743. The summed E-state index contributed by atoms with van der Waals surface area (Å²) in [5, 5.41) is 10.6. The molecule has 0 unspecified atom stereocenters. The number of rotatable bonds is 3. The van der Waals surface area contributed by atoms with Gasteiger partial charge in [0, 0.05) is 12.1 Å². The first kappa shape index (κ1) is 11.3. The van der Waals surface area contributed by atoms with Crippen molar-refractivity contribution in [3.05, 3.63) is 32.8 Å². The Morgan fingerprint density at radius 1 is 1.60 bits per heavy atom. The quantitative estimate of drug-likeness (QED) is 0.626. The fourth-order valence-corrected chi connectivity index (χ4v) is 1.28. The summed E-state index contributed by atoms with van der Waals surface area (Å²) in [5.41, 5.74) is 4.31.